The van der Waals surface area contributed by atoms with Gasteiger partial charge in [0.05, 0.1) is 26.4 Å². The van der Waals surface area contributed by atoms with Crippen molar-refractivity contribution < 1.29 is 14.2 Å². The minimum atomic E-state index is 0.589. The zero-order valence-corrected chi connectivity index (χ0v) is 28.9. The van der Waals surface area contributed by atoms with Crippen molar-refractivity contribution in [3.05, 3.63) is 96.1 Å². The van der Waals surface area contributed by atoms with Crippen LogP contribution in [0, 0.1) is 0 Å². The fourth-order valence-electron chi connectivity index (χ4n) is 6.49. The number of ether oxygens (including phenoxy) is 3. The second kappa shape index (κ2) is 19.4. The first-order valence-corrected chi connectivity index (χ1v) is 18.1. The molecule has 2 heterocycles. The molecule has 49 heavy (non-hydrogen) atoms. The molecule has 0 fully saturated rings. The van der Waals surface area contributed by atoms with E-state index in [4.69, 9.17) is 14.2 Å². The number of hydrogen-bond acceptors (Lipinski definition) is 9. The molecule has 9 nitrogen and oxygen atoms in total. The predicted octanol–water partition coefficient (Wildman–Crippen LogP) is 5.71. The van der Waals surface area contributed by atoms with E-state index in [0.717, 1.165) is 89.7 Å². The number of fused-ring (bicyclic) bond motifs is 4. The average molecular weight is 667 g/mol. The molecule has 0 saturated carbocycles. The number of nitrogens with one attached hydrogen (secondary N) is 4. The predicted molar refractivity (Wildman–Crippen MR) is 203 cm³/mol. The summed E-state index contributed by atoms with van der Waals surface area (Å²) >= 11 is 0. The van der Waals surface area contributed by atoms with E-state index in [1.54, 1.807) is 0 Å². The number of hydrogen-bond donors (Lipinski definition) is 4. The normalized spacial score (nSPS) is 18.6. The molecule has 4 aromatic rings. The molecule has 0 atom stereocenters. The lowest BCUT2D eigenvalue weighted by atomic mass is 10.1. The van der Waals surface area contributed by atoms with E-state index < -0.39 is 0 Å². The summed E-state index contributed by atoms with van der Waals surface area (Å²) in [6.45, 7) is 12.7. The summed E-state index contributed by atoms with van der Waals surface area (Å²) in [4.78, 5) is 4.99. The van der Waals surface area contributed by atoms with Gasteiger partial charge in [0.2, 0.25) is 0 Å². The van der Waals surface area contributed by atoms with Crippen molar-refractivity contribution in [3.63, 3.8) is 0 Å². The van der Waals surface area contributed by atoms with Gasteiger partial charge in [-0.05, 0) is 83.3 Å². The smallest absolute Gasteiger partial charge is 0.0701 e. The van der Waals surface area contributed by atoms with Gasteiger partial charge in [0.15, 0.2) is 0 Å². The van der Waals surface area contributed by atoms with Crippen LogP contribution in [0.3, 0.4) is 0 Å². The van der Waals surface area contributed by atoms with E-state index in [0.29, 0.717) is 39.6 Å². The van der Waals surface area contributed by atoms with E-state index in [2.05, 4.69) is 116 Å². The second-order valence-corrected chi connectivity index (χ2v) is 12.9. The highest BCUT2D eigenvalue weighted by Gasteiger charge is 2.13. The molecule has 9 bridgehead atoms. The van der Waals surface area contributed by atoms with E-state index in [1.165, 1.54) is 33.3 Å². The van der Waals surface area contributed by atoms with Crippen LogP contribution in [0.5, 0.6) is 0 Å². The first-order chi connectivity index (χ1) is 24.3. The van der Waals surface area contributed by atoms with Crippen molar-refractivity contribution in [1.82, 2.24) is 10.6 Å². The monoisotopic (exact) mass is 666 g/mol. The summed E-state index contributed by atoms with van der Waals surface area (Å²) in [5, 5.41) is 16.8. The number of anilines is 4. The summed E-state index contributed by atoms with van der Waals surface area (Å²) < 4.78 is 17.7. The van der Waals surface area contributed by atoms with Crippen molar-refractivity contribution in [1.29, 1.82) is 0 Å². The van der Waals surface area contributed by atoms with E-state index in [1.807, 2.05) is 0 Å². The van der Waals surface area contributed by atoms with Crippen molar-refractivity contribution in [2.45, 2.75) is 25.9 Å². The third kappa shape index (κ3) is 11.3. The first-order valence-electron chi connectivity index (χ1n) is 18.1. The van der Waals surface area contributed by atoms with Crippen molar-refractivity contribution in [3.8, 4) is 0 Å². The van der Waals surface area contributed by atoms with Crippen LogP contribution in [0.2, 0.25) is 0 Å². The maximum absolute atomic E-state index is 5.95. The average Bonchev–Trinajstić information content (AvgIpc) is 3.12. The number of rotatable bonds is 0. The Hall–Kier alpha value is -3.86. The van der Waals surface area contributed by atoms with Gasteiger partial charge in [-0.15, -0.1) is 0 Å². The molecule has 0 aliphatic carbocycles. The molecular weight excluding hydrogens is 612 g/mol. The van der Waals surface area contributed by atoms with Crippen LogP contribution < -0.4 is 31.1 Å². The largest absolute Gasteiger partial charge is 0.384 e. The molecule has 0 unspecified atom stereocenters. The Morgan fingerprint density at radius 2 is 0.918 bits per heavy atom. The molecule has 4 aromatic carbocycles. The van der Waals surface area contributed by atoms with Crippen LogP contribution in [0.1, 0.15) is 24.0 Å². The quantitative estimate of drug-likeness (QED) is 0.189. The molecule has 0 saturated heterocycles. The zero-order chi connectivity index (χ0) is 33.4. The second-order valence-electron chi connectivity index (χ2n) is 12.9. The highest BCUT2D eigenvalue weighted by molar-refractivity contribution is 5.89. The van der Waals surface area contributed by atoms with Gasteiger partial charge in [0.1, 0.15) is 0 Å². The molecule has 0 spiro atoms. The van der Waals surface area contributed by atoms with Crippen LogP contribution >= 0.6 is 0 Å². The van der Waals surface area contributed by atoms with Gasteiger partial charge >= 0.3 is 0 Å². The van der Waals surface area contributed by atoms with Crippen molar-refractivity contribution >= 4 is 33.5 Å². The van der Waals surface area contributed by atoms with Crippen molar-refractivity contribution in [2.75, 3.05) is 112 Å². The fourth-order valence-corrected chi connectivity index (χ4v) is 6.49. The highest BCUT2D eigenvalue weighted by Crippen LogP contribution is 2.29. The van der Waals surface area contributed by atoms with Gasteiger partial charge in [0, 0.05) is 101 Å². The summed E-state index contributed by atoms with van der Waals surface area (Å²) in [6, 6.07) is 31.5. The lowest BCUT2D eigenvalue weighted by Crippen LogP contribution is -2.32. The summed E-state index contributed by atoms with van der Waals surface area (Å²) in [5.41, 5.74) is 7.33. The van der Waals surface area contributed by atoms with Crippen LogP contribution in [0.15, 0.2) is 84.9 Å². The Labute approximate surface area is 292 Å². The molecule has 2 aliphatic rings. The van der Waals surface area contributed by atoms with Gasteiger partial charge in [-0.25, -0.2) is 0 Å². The number of nitrogens with zero attached hydrogens (tertiary/aromatic N) is 2. The minimum absolute atomic E-state index is 0.589. The topological polar surface area (TPSA) is 82.3 Å². The van der Waals surface area contributed by atoms with Gasteiger partial charge in [0.25, 0.3) is 0 Å². The minimum Gasteiger partial charge on any atom is -0.384 e. The SMILES string of the molecule is c1cc2cc(c1)NCCNCCNCCNc1cccc(c1)CN1CCCOCCOCCOCCCN(C2)c2ccc3ccc1cc3c2. The molecule has 9 heteroatoms. The van der Waals surface area contributed by atoms with E-state index in [-0.39, 0.29) is 0 Å². The Morgan fingerprint density at radius 1 is 0.449 bits per heavy atom. The zero-order valence-electron chi connectivity index (χ0n) is 28.9. The van der Waals surface area contributed by atoms with Crippen molar-refractivity contribution in [2.24, 2.45) is 0 Å². The van der Waals surface area contributed by atoms with Crippen LogP contribution in [-0.2, 0) is 27.3 Å². The summed E-state index contributed by atoms with van der Waals surface area (Å²) in [5.74, 6) is 0. The molecule has 0 radical (unpaired) electrons. The molecule has 0 aromatic heterocycles. The Balaban J connectivity index is 1.31. The third-order valence-corrected chi connectivity index (χ3v) is 9.06. The molecule has 262 valence electrons. The van der Waals surface area contributed by atoms with Gasteiger partial charge in [-0.2, -0.15) is 0 Å². The van der Waals surface area contributed by atoms with Gasteiger partial charge < -0.3 is 45.3 Å². The lowest BCUT2D eigenvalue weighted by molar-refractivity contribution is 0.0142. The summed E-state index contributed by atoms with van der Waals surface area (Å²) in [6.07, 6.45) is 1.86. The first kappa shape index (κ1) is 35.0. The lowest BCUT2D eigenvalue weighted by Gasteiger charge is -2.27. The van der Waals surface area contributed by atoms with Crippen LogP contribution in [0.4, 0.5) is 22.7 Å². The fraction of sp³-hybridized carbons (Fsp3) is 0.450. The summed E-state index contributed by atoms with van der Waals surface area (Å²) in [7, 11) is 0. The standard InChI is InChI=1S/C40H54N6O3/c1-5-33-27-37(7-1)43-17-15-41-13-14-42-16-18-44-38-8-2-6-34(28-38)32-46-20-4-22-48-24-26-49-25-23-47-21-3-19-45(31-33)39-11-9-35-10-12-40(46)30-36(35)29-39/h1-2,5-12,27-30,41-44H,3-4,13-26,31-32H2. The number of benzene rings is 4. The van der Waals surface area contributed by atoms with E-state index in [9.17, 15) is 0 Å². The third-order valence-electron chi connectivity index (χ3n) is 9.06. The maximum Gasteiger partial charge on any atom is 0.0701 e. The molecule has 4 N–H and O–H groups in total. The Kier molecular flexibility index (Phi) is 13.8. The van der Waals surface area contributed by atoms with Gasteiger partial charge in [-0.3, -0.25) is 0 Å². The van der Waals surface area contributed by atoms with Gasteiger partial charge in [-0.1, -0.05) is 36.4 Å². The highest BCUT2D eigenvalue weighted by atomic mass is 16.5. The molecule has 6 rings (SSSR count). The maximum atomic E-state index is 5.95. The van der Waals surface area contributed by atoms with Crippen LogP contribution in [-0.4, -0.2) is 92.0 Å². The Bertz CT molecular complexity index is 1460. The van der Waals surface area contributed by atoms with Crippen LogP contribution in [0.25, 0.3) is 10.8 Å². The molecule has 2 aliphatic heterocycles. The van der Waals surface area contributed by atoms with E-state index >= 15 is 0 Å². The molecule has 0 amide bonds. The Morgan fingerprint density at radius 3 is 1.43 bits per heavy atom. The molecular formula is C40H54N6O3.